The molecule has 0 radical (unpaired) electrons. The van der Waals surface area contributed by atoms with Crippen molar-refractivity contribution in [3.63, 3.8) is 0 Å². The number of rotatable bonds is 5. The first-order chi connectivity index (χ1) is 7.24. The van der Waals surface area contributed by atoms with E-state index >= 15 is 0 Å². The van der Waals surface area contributed by atoms with E-state index in [4.69, 9.17) is 0 Å². The minimum Gasteiger partial charge on any atom is -0.339 e. The molecular formula is C11H21N3O. The highest BCUT2D eigenvalue weighted by Crippen LogP contribution is 1.96. The Hall–Kier alpha value is -0.870. The molecular weight excluding hydrogens is 190 g/mol. The highest BCUT2D eigenvalue weighted by molar-refractivity contribution is 5.78. The lowest BCUT2D eigenvalue weighted by atomic mass is 10.3. The Balaban J connectivity index is 2.23. The summed E-state index contributed by atoms with van der Waals surface area (Å²) >= 11 is 0. The van der Waals surface area contributed by atoms with Gasteiger partial charge in [-0.25, -0.2) is 0 Å². The molecule has 86 valence electrons. The molecule has 1 saturated heterocycles. The van der Waals surface area contributed by atoms with E-state index in [0.29, 0.717) is 6.54 Å². The van der Waals surface area contributed by atoms with E-state index in [9.17, 15) is 4.79 Å². The SMILES string of the molecule is C=CCCN(C)CC(=O)N1CCNCC1. The second-order valence-electron chi connectivity index (χ2n) is 3.95. The number of likely N-dealkylation sites (N-methyl/N-ethyl adjacent to an activating group) is 1. The lowest BCUT2D eigenvalue weighted by Gasteiger charge is -2.29. The van der Waals surface area contributed by atoms with Gasteiger partial charge >= 0.3 is 0 Å². The number of carbonyl (C=O) groups excluding carboxylic acids is 1. The van der Waals surface area contributed by atoms with Gasteiger partial charge in [0.2, 0.25) is 5.91 Å². The first-order valence-corrected chi connectivity index (χ1v) is 5.52. The van der Waals surface area contributed by atoms with E-state index in [1.54, 1.807) is 0 Å². The average Bonchev–Trinajstić information content (AvgIpc) is 2.27. The number of nitrogens with one attached hydrogen (secondary N) is 1. The molecule has 4 heteroatoms. The summed E-state index contributed by atoms with van der Waals surface area (Å²) in [6.45, 7) is 8.62. The van der Waals surface area contributed by atoms with Gasteiger partial charge in [0.1, 0.15) is 0 Å². The zero-order valence-corrected chi connectivity index (χ0v) is 9.54. The van der Waals surface area contributed by atoms with Crippen LogP contribution in [0, 0.1) is 0 Å². The average molecular weight is 211 g/mol. The van der Waals surface area contributed by atoms with Crippen molar-refractivity contribution in [3.8, 4) is 0 Å². The van der Waals surface area contributed by atoms with Crippen LogP contribution in [0.1, 0.15) is 6.42 Å². The molecule has 1 amide bonds. The van der Waals surface area contributed by atoms with Crippen LogP contribution >= 0.6 is 0 Å². The monoisotopic (exact) mass is 211 g/mol. The van der Waals surface area contributed by atoms with Gasteiger partial charge in [0, 0.05) is 32.7 Å². The third kappa shape index (κ3) is 4.44. The summed E-state index contributed by atoms with van der Waals surface area (Å²) in [7, 11) is 1.98. The van der Waals surface area contributed by atoms with Gasteiger partial charge in [-0.05, 0) is 13.5 Å². The molecule has 1 fully saturated rings. The molecule has 0 aliphatic carbocycles. The Bertz CT molecular complexity index is 212. The summed E-state index contributed by atoms with van der Waals surface area (Å²) in [6, 6.07) is 0. The second-order valence-corrected chi connectivity index (χ2v) is 3.95. The van der Waals surface area contributed by atoms with Gasteiger partial charge in [0.25, 0.3) is 0 Å². The molecule has 1 aliphatic heterocycles. The van der Waals surface area contributed by atoms with Gasteiger partial charge in [-0.1, -0.05) is 6.08 Å². The van der Waals surface area contributed by atoms with Crippen LogP contribution in [-0.2, 0) is 4.79 Å². The van der Waals surface area contributed by atoms with Crippen molar-refractivity contribution in [2.45, 2.75) is 6.42 Å². The fraction of sp³-hybridized carbons (Fsp3) is 0.727. The molecule has 15 heavy (non-hydrogen) atoms. The lowest BCUT2D eigenvalue weighted by molar-refractivity contribution is -0.132. The van der Waals surface area contributed by atoms with E-state index < -0.39 is 0 Å². The zero-order chi connectivity index (χ0) is 11.1. The van der Waals surface area contributed by atoms with E-state index in [2.05, 4.69) is 11.9 Å². The number of amides is 1. The number of carbonyl (C=O) groups is 1. The van der Waals surface area contributed by atoms with Crippen molar-refractivity contribution >= 4 is 5.91 Å². The van der Waals surface area contributed by atoms with Gasteiger partial charge in [0.15, 0.2) is 0 Å². The number of piperazine rings is 1. The Labute approximate surface area is 91.9 Å². The van der Waals surface area contributed by atoms with E-state index in [1.165, 1.54) is 0 Å². The molecule has 1 rings (SSSR count). The maximum Gasteiger partial charge on any atom is 0.236 e. The molecule has 4 nitrogen and oxygen atoms in total. The van der Waals surface area contributed by atoms with Crippen molar-refractivity contribution in [2.24, 2.45) is 0 Å². The summed E-state index contributed by atoms with van der Waals surface area (Å²) in [4.78, 5) is 15.8. The Morgan fingerprint density at radius 3 is 2.80 bits per heavy atom. The summed E-state index contributed by atoms with van der Waals surface area (Å²) in [5.41, 5.74) is 0. The van der Waals surface area contributed by atoms with Crippen molar-refractivity contribution in [3.05, 3.63) is 12.7 Å². The van der Waals surface area contributed by atoms with Crippen LogP contribution in [0.3, 0.4) is 0 Å². The number of nitrogens with zero attached hydrogens (tertiary/aromatic N) is 2. The third-order valence-corrected chi connectivity index (χ3v) is 2.59. The van der Waals surface area contributed by atoms with Gasteiger partial charge < -0.3 is 10.2 Å². The minimum atomic E-state index is 0.239. The first-order valence-electron chi connectivity index (χ1n) is 5.52. The fourth-order valence-electron chi connectivity index (χ4n) is 1.64. The van der Waals surface area contributed by atoms with Gasteiger partial charge in [-0.2, -0.15) is 0 Å². The van der Waals surface area contributed by atoms with Crippen molar-refractivity contribution in [1.29, 1.82) is 0 Å². The molecule has 0 aromatic heterocycles. The highest BCUT2D eigenvalue weighted by atomic mass is 16.2. The van der Waals surface area contributed by atoms with Crippen LogP contribution in [0.15, 0.2) is 12.7 Å². The molecule has 0 aromatic rings. The quantitative estimate of drug-likeness (QED) is 0.646. The van der Waals surface area contributed by atoms with Gasteiger partial charge in [-0.15, -0.1) is 6.58 Å². The molecule has 1 N–H and O–H groups in total. The predicted molar refractivity (Wildman–Crippen MR) is 61.8 cm³/mol. The smallest absolute Gasteiger partial charge is 0.236 e. The number of hydrogen-bond acceptors (Lipinski definition) is 3. The highest BCUT2D eigenvalue weighted by Gasteiger charge is 2.16. The van der Waals surface area contributed by atoms with Crippen LogP contribution in [0.2, 0.25) is 0 Å². The molecule has 0 spiro atoms. The van der Waals surface area contributed by atoms with Crippen LogP contribution in [0.5, 0.6) is 0 Å². The maximum atomic E-state index is 11.8. The third-order valence-electron chi connectivity index (χ3n) is 2.59. The van der Waals surface area contributed by atoms with E-state index in [1.807, 2.05) is 22.9 Å². The van der Waals surface area contributed by atoms with Crippen LogP contribution in [0.4, 0.5) is 0 Å². The van der Waals surface area contributed by atoms with Crippen molar-refractivity contribution in [2.75, 3.05) is 46.3 Å². The summed E-state index contributed by atoms with van der Waals surface area (Å²) in [5, 5.41) is 3.24. The summed E-state index contributed by atoms with van der Waals surface area (Å²) in [5.74, 6) is 0.239. The van der Waals surface area contributed by atoms with Crippen molar-refractivity contribution in [1.82, 2.24) is 15.1 Å². The summed E-state index contributed by atoms with van der Waals surface area (Å²) in [6.07, 6.45) is 2.82. The van der Waals surface area contributed by atoms with Crippen LogP contribution in [0.25, 0.3) is 0 Å². The topological polar surface area (TPSA) is 35.6 Å². The van der Waals surface area contributed by atoms with Gasteiger partial charge in [0.05, 0.1) is 6.54 Å². The molecule has 0 atom stereocenters. The Morgan fingerprint density at radius 2 is 2.20 bits per heavy atom. The van der Waals surface area contributed by atoms with E-state index in [-0.39, 0.29) is 5.91 Å². The largest absolute Gasteiger partial charge is 0.339 e. The Morgan fingerprint density at radius 1 is 1.53 bits per heavy atom. The molecule has 0 unspecified atom stereocenters. The molecule has 0 bridgehead atoms. The van der Waals surface area contributed by atoms with E-state index in [0.717, 1.165) is 39.1 Å². The molecule has 0 aromatic carbocycles. The van der Waals surface area contributed by atoms with Crippen LogP contribution in [-0.4, -0.2) is 62.0 Å². The molecule has 1 heterocycles. The normalized spacial score (nSPS) is 16.8. The molecule has 0 saturated carbocycles. The second kappa shape index (κ2) is 6.58. The minimum absolute atomic E-state index is 0.239. The zero-order valence-electron chi connectivity index (χ0n) is 9.54. The first kappa shape index (κ1) is 12.2. The van der Waals surface area contributed by atoms with Gasteiger partial charge in [-0.3, -0.25) is 9.69 Å². The predicted octanol–water partition coefficient (Wildman–Crippen LogP) is -0.0739. The van der Waals surface area contributed by atoms with Crippen LogP contribution < -0.4 is 5.32 Å². The maximum absolute atomic E-state index is 11.8. The fourth-order valence-corrected chi connectivity index (χ4v) is 1.64. The summed E-state index contributed by atoms with van der Waals surface area (Å²) < 4.78 is 0. The lowest BCUT2D eigenvalue weighted by Crippen LogP contribution is -2.49. The number of hydrogen-bond donors (Lipinski definition) is 1. The molecule has 1 aliphatic rings. The van der Waals surface area contributed by atoms with Crippen molar-refractivity contribution < 1.29 is 4.79 Å². The standard InChI is InChI=1S/C11H21N3O/c1-3-4-7-13(2)10-11(15)14-8-5-12-6-9-14/h3,12H,1,4-10H2,2H3. The Kier molecular flexibility index (Phi) is 5.36.